The fraction of sp³-hybridized carbons (Fsp3) is 0.235. The summed E-state index contributed by atoms with van der Waals surface area (Å²) in [5.41, 5.74) is -0.283. The minimum Gasteiger partial charge on any atom is -0.478 e. The van der Waals surface area contributed by atoms with Crippen LogP contribution in [-0.4, -0.2) is 32.1 Å². The third-order valence-corrected chi connectivity index (χ3v) is 5.36. The molecule has 3 rings (SSSR count). The molecule has 1 heterocycles. The molecule has 0 bridgehead atoms. The van der Waals surface area contributed by atoms with E-state index in [1.54, 1.807) is 13.8 Å². The smallest absolute Gasteiger partial charge is 0.387 e. The Bertz CT molecular complexity index is 1140. The zero-order chi connectivity index (χ0) is 19.9. The number of hydrogen-bond acceptors (Lipinski definition) is 5. The number of aromatic carboxylic acids is 1. The zero-order valence-corrected chi connectivity index (χ0v) is 16.2. The summed E-state index contributed by atoms with van der Waals surface area (Å²) in [6, 6.07) is 5.67. The van der Waals surface area contributed by atoms with Crippen LogP contribution in [0.2, 0.25) is 0 Å². The van der Waals surface area contributed by atoms with Gasteiger partial charge in [0.2, 0.25) is 10.0 Å². The number of carboxylic acids is 1. The van der Waals surface area contributed by atoms with Crippen LogP contribution in [0, 0.1) is 0 Å². The first-order valence-electron chi connectivity index (χ1n) is 7.80. The lowest BCUT2D eigenvalue weighted by Gasteiger charge is -2.09. The maximum absolute atomic E-state index is 12.6. The van der Waals surface area contributed by atoms with E-state index in [0.717, 1.165) is 12.1 Å². The Labute approximate surface area is 164 Å². The maximum atomic E-state index is 12.6. The number of benzene rings is 2. The molecule has 0 aliphatic rings. The van der Waals surface area contributed by atoms with Gasteiger partial charge in [-0.2, -0.15) is 8.78 Å². The van der Waals surface area contributed by atoms with Crippen molar-refractivity contribution >= 4 is 50.3 Å². The summed E-state index contributed by atoms with van der Waals surface area (Å²) in [4.78, 5) is 11.4. The van der Waals surface area contributed by atoms with Gasteiger partial charge in [0.1, 0.15) is 5.58 Å². The quantitative estimate of drug-likeness (QED) is 0.606. The summed E-state index contributed by atoms with van der Waals surface area (Å²) >= 11 is 0. The molecule has 3 aromatic rings. The molecule has 2 aromatic carbocycles. The Balaban J connectivity index is 0.00000280. The van der Waals surface area contributed by atoms with Crippen LogP contribution in [0.4, 0.5) is 8.78 Å². The average Bonchev–Trinajstić information content (AvgIpc) is 2.92. The molecule has 0 spiro atoms. The number of carbonyl (C=O) groups is 1. The molecule has 0 amide bonds. The van der Waals surface area contributed by atoms with Gasteiger partial charge in [0, 0.05) is 16.8 Å². The van der Waals surface area contributed by atoms with Gasteiger partial charge in [0.05, 0.1) is 10.5 Å². The van der Waals surface area contributed by atoms with Crippen LogP contribution in [0.3, 0.4) is 0 Å². The van der Waals surface area contributed by atoms with E-state index in [4.69, 9.17) is 4.42 Å². The lowest BCUT2D eigenvalue weighted by Crippen LogP contribution is -2.30. The SMILES string of the molecule is CC(C)NS(=O)(=O)c1ccc2oc3c(OC(F)F)ccc(C(=O)O)c3c2c1.Cl. The van der Waals surface area contributed by atoms with Crippen molar-refractivity contribution in [2.24, 2.45) is 0 Å². The third kappa shape index (κ3) is 4.03. The summed E-state index contributed by atoms with van der Waals surface area (Å²) in [5, 5.41) is 9.56. The van der Waals surface area contributed by atoms with E-state index in [-0.39, 0.29) is 56.6 Å². The molecule has 0 aliphatic carbocycles. The van der Waals surface area contributed by atoms with Gasteiger partial charge in [0.25, 0.3) is 0 Å². The highest BCUT2D eigenvalue weighted by atomic mass is 35.5. The molecule has 7 nitrogen and oxygen atoms in total. The Morgan fingerprint density at radius 2 is 1.89 bits per heavy atom. The third-order valence-electron chi connectivity index (χ3n) is 3.70. The first kappa shape index (κ1) is 21.9. The number of sulfonamides is 1. The Hall–Kier alpha value is -2.43. The van der Waals surface area contributed by atoms with Gasteiger partial charge in [-0.15, -0.1) is 12.4 Å². The van der Waals surface area contributed by atoms with Crippen LogP contribution < -0.4 is 9.46 Å². The number of furan rings is 1. The molecule has 0 saturated carbocycles. The monoisotopic (exact) mass is 435 g/mol. The van der Waals surface area contributed by atoms with Gasteiger partial charge >= 0.3 is 12.6 Å². The van der Waals surface area contributed by atoms with E-state index < -0.39 is 22.6 Å². The number of alkyl halides is 2. The predicted octanol–water partition coefficient (Wildman–Crippen LogP) is 3.99. The summed E-state index contributed by atoms with van der Waals surface area (Å²) in [5.74, 6) is -1.66. The van der Waals surface area contributed by atoms with E-state index in [0.29, 0.717) is 0 Å². The van der Waals surface area contributed by atoms with E-state index in [2.05, 4.69) is 9.46 Å². The molecule has 0 unspecified atom stereocenters. The molecule has 2 N–H and O–H groups in total. The van der Waals surface area contributed by atoms with Crippen molar-refractivity contribution in [2.75, 3.05) is 0 Å². The second kappa shape index (κ2) is 7.90. The van der Waals surface area contributed by atoms with E-state index in [9.17, 15) is 27.1 Å². The Morgan fingerprint density at radius 1 is 1.21 bits per heavy atom. The molecule has 0 radical (unpaired) electrons. The fourth-order valence-electron chi connectivity index (χ4n) is 2.75. The molecule has 152 valence electrons. The number of hydrogen-bond donors (Lipinski definition) is 2. The van der Waals surface area contributed by atoms with Crippen LogP contribution in [0.1, 0.15) is 24.2 Å². The van der Waals surface area contributed by atoms with Gasteiger partial charge in [-0.05, 0) is 44.2 Å². The van der Waals surface area contributed by atoms with E-state index in [1.807, 2.05) is 0 Å². The van der Waals surface area contributed by atoms with Crippen LogP contribution in [0.5, 0.6) is 5.75 Å². The second-order valence-corrected chi connectivity index (χ2v) is 7.75. The molecule has 1 aromatic heterocycles. The van der Waals surface area contributed by atoms with Gasteiger partial charge in [0.15, 0.2) is 11.3 Å². The highest BCUT2D eigenvalue weighted by molar-refractivity contribution is 7.89. The lowest BCUT2D eigenvalue weighted by atomic mass is 10.1. The molecule has 0 atom stereocenters. The lowest BCUT2D eigenvalue weighted by molar-refractivity contribution is -0.0493. The maximum Gasteiger partial charge on any atom is 0.387 e. The van der Waals surface area contributed by atoms with Gasteiger partial charge in [-0.25, -0.2) is 17.9 Å². The normalized spacial score (nSPS) is 11.9. The van der Waals surface area contributed by atoms with Crippen molar-refractivity contribution in [1.29, 1.82) is 0 Å². The molecule has 0 saturated heterocycles. The molecular formula is C17H16ClF2NO6S. The van der Waals surface area contributed by atoms with Gasteiger partial charge in [-0.3, -0.25) is 0 Å². The minimum absolute atomic E-state index is 0. The molecule has 0 fully saturated rings. The molecule has 11 heteroatoms. The largest absolute Gasteiger partial charge is 0.478 e. The Morgan fingerprint density at radius 3 is 2.46 bits per heavy atom. The van der Waals surface area contributed by atoms with Crippen molar-refractivity contribution in [2.45, 2.75) is 31.4 Å². The number of fused-ring (bicyclic) bond motifs is 3. The van der Waals surface area contributed by atoms with Crippen LogP contribution in [0.15, 0.2) is 39.6 Å². The number of carboxylic acid groups (broad SMARTS) is 1. The van der Waals surface area contributed by atoms with Crippen molar-refractivity contribution in [1.82, 2.24) is 4.72 Å². The number of ether oxygens (including phenoxy) is 1. The topological polar surface area (TPSA) is 106 Å². The van der Waals surface area contributed by atoms with E-state index in [1.165, 1.54) is 18.2 Å². The van der Waals surface area contributed by atoms with Crippen molar-refractivity contribution in [3.63, 3.8) is 0 Å². The van der Waals surface area contributed by atoms with Crippen LogP contribution >= 0.6 is 12.4 Å². The first-order valence-corrected chi connectivity index (χ1v) is 9.28. The fourth-order valence-corrected chi connectivity index (χ4v) is 4.03. The summed E-state index contributed by atoms with van der Waals surface area (Å²) in [7, 11) is -3.85. The number of nitrogens with one attached hydrogen (secondary N) is 1. The van der Waals surface area contributed by atoms with Gasteiger partial charge in [-0.1, -0.05) is 0 Å². The van der Waals surface area contributed by atoms with Crippen LogP contribution in [-0.2, 0) is 10.0 Å². The zero-order valence-electron chi connectivity index (χ0n) is 14.6. The highest BCUT2D eigenvalue weighted by Crippen LogP contribution is 2.38. The predicted molar refractivity (Wildman–Crippen MR) is 100 cm³/mol. The summed E-state index contributed by atoms with van der Waals surface area (Å²) < 4.78 is 62.4. The molecular weight excluding hydrogens is 420 g/mol. The van der Waals surface area contributed by atoms with Gasteiger partial charge < -0.3 is 14.3 Å². The molecule has 28 heavy (non-hydrogen) atoms. The highest BCUT2D eigenvalue weighted by Gasteiger charge is 2.23. The number of halogens is 3. The van der Waals surface area contributed by atoms with Crippen molar-refractivity contribution < 1.29 is 36.3 Å². The van der Waals surface area contributed by atoms with Crippen molar-refractivity contribution in [3.05, 3.63) is 35.9 Å². The number of rotatable bonds is 6. The standard InChI is InChI=1S/C17H15F2NO6S.ClH/c1-8(2)20-27(23,24)9-3-5-12-11(7-9)14-10(16(21)22)4-6-13(15(14)25-12)26-17(18)19;/h3-8,17,20H,1-2H3,(H,21,22);1H. The van der Waals surface area contributed by atoms with E-state index >= 15 is 0 Å². The minimum atomic E-state index is -3.85. The second-order valence-electron chi connectivity index (χ2n) is 6.04. The summed E-state index contributed by atoms with van der Waals surface area (Å²) in [6.45, 7) is 0.169. The summed E-state index contributed by atoms with van der Waals surface area (Å²) in [6.07, 6.45) is 0. The molecule has 0 aliphatic heterocycles. The Kier molecular flexibility index (Phi) is 6.17. The van der Waals surface area contributed by atoms with Crippen LogP contribution in [0.25, 0.3) is 21.9 Å². The van der Waals surface area contributed by atoms with Crippen molar-refractivity contribution in [3.8, 4) is 5.75 Å². The average molecular weight is 436 g/mol. The first-order chi connectivity index (χ1) is 12.6.